The van der Waals surface area contributed by atoms with Gasteiger partial charge >= 0.3 is 6.03 Å². The minimum atomic E-state index is -0.985. The van der Waals surface area contributed by atoms with Crippen molar-refractivity contribution in [2.45, 2.75) is 6.10 Å². The molecule has 0 radical (unpaired) electrons. The van der Waals surface area contributed by atoms with Crippen molar-refractivity contribution in [3.63, 3.8) is 0 Å². The van der Waals surface area contributed by atoms with Crippen LogP contribution in [-0.2, 0) is 4.79 Å². The second kappa shape index (κ2) is 7.61. The average Bonchev–Trinajstić information content (AvgIpc) is 2.60. The summed E-state index contributed by atoms with van der Waals surface area (Å²) < 4.78 is 5.71. The molecule has 3 amide bonds. The molecular weight excluding hydrogens is 294 g/mol. The summed E-state index contributed by atoms with van der Waals surface area (Å²) in [7, 11) is 1.42. The van der Waals surface area contributed by atoms with Gasteiger partial charge in [0.1, 0.15) is 5.75 Å². The maximum absolute atomic E-state index is 12.3. The van der Waals surface area contributed by atoms with Crippen molar-refractivity contribution >= 4 is 11.9 Å². The summed E-state index contributed by atoms with van der Waals surface area (Å²) >= 11 is 0. The van der Waals surface area contributed by atoms with E-state index < -0.39 is 18.0 Å². The molecule has 2 rings (SSSR count). The third kappa shape index (κ3) is 4.32. The third-order valence-electron chi connectivity index (χ3n) is 3.04. The topological polar surface area (TPSA) is 91.2 Å². The Bertz CT molecular complexity index is 721. The zero-order chi connectivity index (χ0) is 16.7. The van der Waals surface area contributed by atoms with Crippen LogP contribution >= 0.6 is 0 Å². The second-order valence-corrected chi connectivity index (χ2v) is 4.61. The lowest BCUT2D eigenvalue weighted by Crippen LogP contribution is -2.41. The van der Waals surface area contributed by atoms with Crippen molar-refractivity contribution in [2.24, 2.45) is 0 Å². The molecule has 0 heterocycles. The summed E-state index contributed by atoms with van der Waals surface area (Å²) in [6.45, 7) is 0. The molecule has 0 spiro atoms. The van der Waals surface area contributed by atoms with Crippen LogP contribution in [0, 0.1) is 11.3 Å². The first kappa shape index (κ1) is 16.0. The Morgan fingerprint density at radius 2 is 1.74 bits per heavy atom. The Labute approximate surface area is 133 Å². The molecule has 23 heavy (non-hydrogen) atoms. The van der Waals surface area contributed by atoms with Crippen molar-refractivity contribution in [3.05, 3.63) is 65.7 Å². The lowest BCUT2D eigenvalue weighted by atomic mass is 10.1. The first-order valence-corrected chi connectivity index (χ1v) is 6.88. The van der Waals surface area contributed by atoms with Crippen molar-refractivity contribution < 1.29 is 14.3 Å². The fourth-order valence-electron chi connectivity index (χ4n) is 1.88. The monoisotopic (exact) mass is 309 g/mol. The Morgan fingerprint density at radius 3 is 2.30 bits per heavy atom. The lowest BCUT2D eigenvalue weighted by Gasteiger charge is -2.18. The number of urea groups is 1. The van der Waals surface area contributed by atoms with Crippen LogP contribution in [0.25, 0.3) is 0 Å². The summed E-state index contributed by atoms with van der Waals surface area (Å²) in [6, 6.07) is 16.6. The summed E-state index contributed by atoms with van der Waals surface area (Å²) in [4.78, 5) is 23.7. The van der Waals surface area contributed by atoms with E-state index in [4.69, 9.17) is 10.00 Å². The Morgan fingerprint density at radius 1 is 1.09 bits per heavy atom. The Hall–Kier alpha value is -3.33. The quantitative estimate of drug-likeness (QED) is 0.905. The lowest BCUT2D eigenvalue weighted by molar-refractivity contribution is -0.127. The number of nitrogens with one attached hydrogen (secondary N) is 2. The molecule has 2 aromatic carbocycles. The highest BCUT2D eigenvalue weighted by atomic mass is 16.5. The predicted octanol–water partition coefficient (Wildman–Crippen LogP) is 2.13. The number of ether oxygens (including phenoxy) is 1. The van der Waals surface area contributed by atoms with Gasteiger partial charge in [-0.05, 0) is 24.3 Å². The molecule has 0 fully saturated rings. The van der Waals surface area contributed by atoms with Crippen molar-refractivity contribution in [1.82, 2.24) is 10.6 Å². The molecule has 1 atom stereocenters. The number of nitriles is 1. The van der Waals surface area contributed by atoms with Crippen LogP contribution in [0.15, 0.2) is 54.6 Å². The smallest absolute Gasteiger partial charge is 0.321 e. The van der Waals surface area contributed by atoms with Crippen LogP contribution in [0.4, 0.5) is 4.79 Å². The molecule has 2 aromatic rings. The number of hydrogen-bond donors (Lipinski definition) is 2. The molecule has 2 N–H and O–H groups in total. The molecule has 6 nitrogen and oxygen atoms in total. The van der Waals surface area contributed by atoms with Crippen LogP contribution in [0.5, 0.6) is 5.75 Å². The Kier molecular flexibility index (Phi) is 5.31. The predicted molar refractivity (Wildman–Crippen MR) is 83.6 cm³/mol. The van der Waals surface area contributed by atoms with Gasteiger partial charge in [0, 0.05) is 12.6 Å². The van der Waals surface area contributed by atoms with Gasteiger partial charge in [-0.2, -0.15) is 5.26 Å². The maximum atomic E-state index is 12.3. The number of benzene rings is 2. The number of nitrogens with zero attached hydrogens (tertiary/aromatic N) is 1. The molecule has 6 heteroatoms. The van der Waals surface area contributed by atoms with E-state index in [1.54, 1.807) is 48.5 Å². The van der Waals surface area contributed by atoms with E-state index in [0.717, 1.165) is 0 Å². The summed E-state index contributed by atoms with van der Waals surface area (Å²) in [5, 5.41) is 13.3. The number of carbonyl (C=O) groups excluding carboxylic acids is 2. The molecule has 0 aliphatic rings. The van der Waals surface area contributed by atoms with E-state index in [1.165, 1.54) is 7.05 Å². The van der Waals surface area contributed by atoms with Crippen LogP contribution in [0.1, 0.15) is 17.2 Å². The van der Waals surface area contributed by atoms with Crippen LogP contribution < -0.4 is 15.4 Å². The van der Waals surface area contributed by atoms with Gasteiger partial charge in [0.2, 0.25) is 6.10 Å². The SMILES string of the molecule is CNC(=O)NC(=O)[C@H](Oc1ccc(C#N)cc1)c1ccccc1. The van der Waals surface area contributed by atoms with Crippen molar-refractivity contribution in [3.8, 4) is 11.8 Å². The summed E-state index contributed by atoms with van der Waals surface area (Å²) in [6.07, 6.45) is -0.985. The molecule has 0 aliphatic heterocycles. The first-order chi connectivity index (χ1) is 11.1. The van der Waals surface area contributed by atoms with Gasteiger partial charge in [-0.3, -0.25) is 10.1 Å². The van der Waals surface area contributed by atoms with Gasteiger partial charge in [0.15, 0.2) is 0 Å². The average molecular weight is 309 g/mol. The standard InChI is InChI=1S/C17H15N3O3/c1-19-17(22)20-16(21)15(13-5-3-2-4-6-13)23-14-9-7-12(11-18)8-10-14/h2-10,15H,1H3,(H2,19,20,21,22)/t15-/m1/s1. The van der Waals surface area contributed by atoms with Gasteiger partial charge in [-0.1, -0.05) is 30.3 Å². The minimum Gasteiger partial charge on any atom is -0.476 e. The van der Waals surface area contributed by atoms with Gasteiger partial charge in [-0.25, -0.2) is 4.79 Å². The molecule has 116 valence electrons. The van der Waals surface area contributed by atoms with Crippen LogP contribution in [-0.4, -0.2) is 19.0 Å². The Balaban J connectivity index is 2.24. The number of hydrogen-bond acceptors (Lipinski definition) is 4. The zero-order valence-corrected chi connectivity index (χ0v) is 12.4. The molecule has 0 bridgehead atoms. The second-order valence-electron chi connectivity index (χ2n) is 4.61. The minimum absolute atomic E-state index is 0.421. The van der Waals surface area contributed by atoms with E-state index in [1.807, 2.05) is 12.1 Å². The highest BCUT2D eigenvalue weighted by molar-refractivity contribution is 5.97. The molecular formula is C17H15N3O3. The van der Waals surface area contributed by atoms with Crippen LogP contribution in [0.3, 0.4) is 0 Å². The van der Waals surface area contributed by atoms with E-state index in [9.17, 15) is 9.59 Å². The molecule has 0 saturated heterocycles. The van der Waals surface area contributed by atoms with Gasteiger partial charge in [-0.15, -0.1) is 0 Å². The van der Waals surface area contributed by atoms with Gasteiger partial charge in [0.25, 0.3) is 5.91 Å². The fraction of sp³-hybridized carbons (Fsp3) is 0.118. The number of amides is 3. The van der Waals surface area contributed by atoms with Gasteiger partial charge in [0.05, 0.1) is 11.6 Å². The van der Waals surface area contributed by atoms with E-state index in [0.29, 0.717) is 16.9 Å². The largest absolute Gasteiger partial charge is 0.476 e. The summed E-state index contributed by atoms with van der Waals surface area (Å²) in [5.41, 5.74) is 1.10. The maximum Gasteiger partial charge on any atom is 0.321 e. The van der Waals surface area contributed by atoms with Crippen LogP contribution in [0.2, 0.25) is 0 Å². The van der Waals surface area contributed by atoms with Crippen molar-refractivity contribution in [2.75, 3.05) is 7.05 Å². The normalized spacial score (nSPS) is 11.0. The number of imide groups is 1. The molecule has 0 aliphatic carbocycles. The van der Waals surface area contributed by atoms with Gasteiger partial charge < -0.3 is 10.1 Å². The van der Waals surface area contributed by atoms with Crippen molar-refractivity contribution in [1.29, 1.82) is 5.26 Å². The number of carbonyl (C=O) groups is 2. The molecule has 0 unspecified atom stereocenters. The molecule has 0 aromatic heterocycles. The molecule has 0 saturated carbocycles. The highest BCUT2D eigenvalue weighted by Crippen LogP contribution is 2.22. The fourth-order valence-corrected chi connectivity index (χ4v) is 1.88. The van der Waals surface area contributed by atoms with E-state index >= 15 is 0 Å². The third-order valence-corrected chi connectivity index (χ3v) is 3.04. The zero-order valence-electron chi connectivity index (χ0n) is 12.4. The first-order valence-electron chi connectivity index (χ1n) is 6.88. The van der Waals surface area contributed by atoms with E-state index in [-0.39, 0.29) is 0 Å². The number of rotatable bonds is 4. The highest BCUT2D eigenvalue weighted by Gasteiger charge is 2.24. The van der Waals surface area contributed by atoms with E-state index in [2.05, 4.69) is 10.6 Å². The summed E-state index contributed by atoms with van der Waals surface area (Å²) in [5.74, 6) is -0.162.